The van der Waals surface area contributed by atoms with Crippen LogP contribution in [0.15, 0.2) is 78.5 Å². The topological polar surface area (TPSA) is 52.7 Å². The zero-order valence-corrected chi connectivity index (χ0v) is 18.1. The Morgan fingerprint density at radius 1 is 0.806 bits per heavy atom. The molecule has 0 bridgehead atoms. The Morgan fingerprint density at radius 3 is 2.19 bits per heavy atom. The molecule has 0 saturated carbocycles. The molecule has 0 unspecified atom stereocenters. The van der Waals surface area contributed by atoms with Crippen molar-refractivity contribution in [3.63, 3.8) is 0 Å². The number of benzene rings is 3. The van der Waals surface area contributed by atoms with Gasteiger partial charge in [-0.25, -0.2) is 4.90 Å². The number of hydrogen-bond acceptors (Lipinski definition) is 4. The molecule has 2 amide bonds. The van der Waals surface area contributed by atoms with E-state index in [1.165, 1.54) is 4.90 Å². The predicted octanol–water partition coefficient (Wildman–Crippen LogP) is 4.77. The van der Waals surface area contributed by atoms with Crippen molar-refractivity contribution in [2.75, 3.05) is 29.2 Å². The Bertz CT molecular complexity index is 1190. The fourth-order valence-corrected chi connectivity index (χ4v) is 3.63. The summed E-state index contributed by atoms with van der Waals surface area (Å²) in [6.45, 7) is 3.96. The van der Waals surface area contributed by atoms with E-state index >= 15 is 0 Å². The first-order valence-electron chi connectivity index (χ1n) is 10.2. The van der Waals surface area contributed by atoms with E-state index in [1.807, 2.05) is 99.6 Å². The fraction of sp³-hybridized carbons (Fsp3) is 0.154. The minimum Gasteiger partial charge on any atom is -0.378 e. The van der Waals surface area contributed by atoms with Crippen molar-refractivity contribution in [2.45, 2.75) is 13.8 Å². The molecule has 0 saturated heterocycles. The van der Waals surface area contributed by atoms with Gasteiger partial charge in [-0.05, 0) is 49.2 Å². The fourth-order valence-electron chi connectivity index (χ4n) is 3.63. The average Bonchev–Trinajstić information content (AvgIpc) is 3.00. The van der Waals surface area contributed by atoms with E-state index in [-0.39, 0.29) is 11.8 Å². The Hall–Kier alpha value is -3.86. The van der Waals surface area contributed by atoms with Gasteiger partial charge in [-0.1, -0.05) is 54.1 Å². The molecule has 156 valence electrons. The van der Waals surface area contributed by atoms with Gasteiger partial charge in [0.25, 0.3) is 11.8 Å². The number of nitrogens with one attached hydrogen (secondary N) is 1. The second kappa shape index (κ2) is 8.11. The first kappa shape index (κ1) is 20.4. The lowest BCUT2D eigenvalue weighted by Gasteiger charge is -2.19. The van der Waals surface area contributed by atoms with Gasteiger partial charge in [-0.3, -0.25) is 9.59 Å². The van der Waals surface area contributed by atoms with Crippen LogP contribution in [-0.4, -0.2) is 25.9 Å². The molecule has 0 spiro atoms. The maximum absolute atomic E-state index is 13.6. The highest BCUT2D eigenvalue weighted by Crippen LogP contribution is 2.35. The Morgan fingerprint density at radius 2 is 1.52 bits per heavy atom. The first-order chi connectivity index (χ1) is 14.9. The molecule has 4 rings (SSSR count). The monoisotopic (exact) mass is 411 g/mol. The quantitative estimate of drug-likeness (QED) is 0.615. The highest BCUT2D eigenvalue weighted by atomic mass is 16.2. The van der Waals surface area contributed by atoms with Gasteiger partial charge in [0.05, 0.1) is 11.3 Å². The van der Waals surface area contributed by atoms with Gasteiger partial charge in [0, 0.05) is 25.5 Å². The number of aryl methyl sites for hydroxylation is 2. The molecule has 1 N–H and O–H groups in total. The van der Waals surface area contributed by atoms with Gasteiger partial charge in [0.2, 0.25) is 0 Å². The highest BCUT2D eigenvalue weighted by Gasteiger charge is 2.40. The van der Waals surface area contributed by atoms with Crippen molar-refractivity contribution in [2.24, 2.45) is 0 Å². The number of carbonyl (C=O) groups is 2. The Labute approximate surface area is 182 Å². The maximum atomic E-state index is 13.6. The van der Waals surface area contributed by atoms with Crippen molar-refractivity contribution >= 4 is 34.4 Å². The number of imide groups is 1. The van der Waals surface area contributed by atoms with Crippen LogP contribution in [-0.2, 0) is 9.59 Å². The molecule has 3 aromatic rings. The second-order valence-electron chi connectivity index (χ2n) is 7.92. The summed E-state index contributed by atoms with van der Waals surface area (Å²) in [4.78, 5) is 30.3. The normalized spacial score (nSPS) is 13.7. The molecule has 0 radical (unpaired) electrons. The smallest absolute Gasteiger partial charge is 0.282 e. The second-order valence-corrected chi connectivity index (χ2v) is 7.92. The van der Waals surface area contributed by atoms with Gasteiger partial charge >= 0.3 is 0 Å². The third kappa shape index (κ3) is 3.82. The molecule has 31 heavy (non-hydrogen) atoms. The summed E-state index contributed by atoms with van der Waals surface area (Å²) in [5.74, 6) is -0.694. The van der Waals surface area contributed by atoms with E-state index in [1.54, 1.807) is 6.07 Å². The summed E-state index contributed by atoms with van der Waals surface area (Å²) in [6, 6.07) is 22.8. The van der Waals surface area contributed by atoms with Crippen LogP contribution in [0, 0.1) is 13.8 Å². The minimum absolute atomic E-state index is 0.290. The molecule has 5 nitrogen and oxygen atoms in total. The highest BCUT2D eigenvalue weighted by molar-refractivity contribution is 6.46. The lowest BCUT2D eigenvalue weighted by molar-refractivity contribution is -0.120. The minimum atomic E-state index is -0.361. The molecular formula is C26H25N3O2. The van der Waals surface area contributed by atoms with Crippen LogP contribution in [0.3, 0.4) is 0 Å². The zero-order chi connectivity index (χ0) is 22.1. The Kier molecular flexibility index (Phi) is 5.34. The van der Waals surface area contributed by atoms with Gasteiger partial charge in [0.1, 0.15) is 5.70 Å². The van der Waals surface area contributed by atoms with Crippen molar-refractivity contribution in [1.29, 1.82) is 0 Å². The number of rotatable bonds is 5. The molecule has 0 atom stereocenters. The van der Waals surface area contributed by atoms with Crippen LogP contribution in [0.5, 0.6) is 0 Å². The molecule has 1 heterocycles. The van der Waals surface area contributed by atoms with E-state index < -0.39 is 0 Å². The lowest BCUT2D eigenvalue weighted by atomic mass is 10.0. The van der Waals surface area contributed by atoms with Crippen molar-refractivity contribution in [1.82, 2.24) is 0 Å². The van der Waals surface area contributed by atoms with E-state index in [0.29, 0.717) is 22.5 Å². The van der Waals surface area contributed by atoms with Crippen LogP contribution in [0.1, 0.15) is 16.7 Å². The van der Waals surface area contributed by atoms with Crippen LogP contribution in [0.2, 0.25) is 0 Å². The largest absolute Gasteiger partial charge is 0.378 e. The molecule has 0 aromatic heterocycles. The summed E-state index contributed by atoms with van der Waals surface area (Å²) in [7, 11) is 3.85. The summed E-state index contributed by atoms with van der Waals surface area (Å²) in [5, 5.41) is 3.25. The average molecular weight is 412 g/mol. The zero-order valence-electron chi connectivity index (χ0n) is 18.1. The SMILES string of the molecule is Cc1ccc(C2=C(Nc3ccccc3C)C(=O)N(c3cccc(N(C)C)c3)C2=O)cc1. The van der Waals surface area contributed by atoms with E-state index in [2.05, 4.69) is 5.32 Å². The van der Waals surface area contributed by atoms with Crippen LogP contribution in [0.25, 0.3) is 5.57 Å². The summed E-state index contributed by atoms with van der Waals surface area (Å²) < 4.78 is 0. The molecular weight excluding hydrogens is 386 g/mol. The van der Waals surface area contributed by atoms with E-state index in [9.17, 15) is 9.59 Å². The number of hydrogen-bond donors (Lipinski definition) is 1. The number of anilines is 3. The predicted molar refractivity (Wildman–Crippen MR) is 126 cm³/mol. The summed E-state index contributed by atoms with van der Waals surface area (Å²) in [5.41, 5.74) is 5.72. The van der Waals surface area contributed by atoms with Gasteiger partial charge in [-0.2, -0.15) is 0 Å². The van der Waals surface area contributed by atoms with Crippen LogP contribution < -0.4 is 15.1 Å². The molecule has 1 aliphatic rings. The first-order valence-corrected chi connectivity index (χ1v) is 10.2. The third-order valence-corrected chi connectivity index (χ3v) is 5.43. The standard InChI is InChI=1S/C26H25N3O2/c1-17-12-14-19(15-13-17)23-24(27-22-11-6-5-8-18(22)2)26(31)29(25(23)30)21-10-7-9-20(16-21)28(3)4/h5-16,27H,1-4H3. The van der Waals surface area contributed by atoms with Gasteiger partial charge < -0.3 is 10.2 Å². The molecule has 3 aromatic carbocycles. The number of nitrogens with zero attached hydrogens (tertiary/aromatic N) is 2. The number of carbonyl (C=O) groups excluding carboxylic acids is 2. The number of amides is 2. The summed E-state index contributed by atoms with van der Waals surface area (Å²) in [6.07, 6.45) is 0. The van der Waals surface area contributed by atoms with Gasteiger partial charge in [-0.15, -0.1) is 0 Å². The van der Waals surface area contributed by atoms with Gasteiger partial charge in [0.15, 0.2) is 0 Å². The van der Waals surface area contributed by atoms with Crippen molar-refractivity contribution in [3.8, 4) is 0 Å². The molecule has 1 aliphatic heterocycles. The summed E-state index contributed by atoms with van der Waals surface area (Å²) >= 11 is 0. The molecule has 5 heteroatoms. The molecule has 0 fully saturated rings. The molecule has 0 aliphatic carbocycles. The lowest BCUT2D eigenvalue weighted by Crippen LogP contribution is -2.32. The van der Waals surface area contributed by atoms with E-state index in [0.717, 1.165) is 22.5 Å². The van der Waals surface area contributed by atoms with E-state index in [4.69, 9.17) is 0 Å². The third-order valence-electron chi connectivity index (χ3n) is 5.43. The van der Waals surface area contributed by atoms with Crippen LogP contribution >= 0.6 is 0 Å². The van der Waals surface area contributed by atoms with Crippen molar-refractivity contribution < 1.29 is 9.59 Å². The maximum Gasteiger partial charge on any atom is 0.282 e. The number of para-hydroxylation sites is 1. The van der Waals surface area contributed by atoms with Crippen molar-refractivity contribution in [3.05, 3.63) is 95.2 Å². The Balaban J connectivity index is 1.83. The van der Waals surface area contributed by atoms with Crippen LogP contribution in [0.4, 0.5) is 17.1 Å².